The quantitative estimate of drug-likeness (QED) is 0.812. The van der Waals surface area contributed by atoms with E-state index in [1.54, 1.807) is 0 Å². The van der Waals surface area contributed by atoms with Gasteiger partial charge in [0.05, 0.1) is 0 Å². The van der Waals surface area contributed by atoms with Crippen molar-refractivity contribution in [3.63, 3.8) is 0 Å². The maximum Gasteiger partial charge on any atom is 0.170 e. The highest BCUT2D eigenvalue weighted by molar-refractivity contribution is 7.65. The predicted molar refractivity (Wildman–Crippen MR) is 72.2 cm³/mol. The highest BCUT2D eigenvalue weighted by atomic mass is 31.2. The fourth-order valence-corrected chi connectivity index (χ4v) is 3.32. The molecule has 0 heterocycles. The minimum Gasteiger partial charge on any atom is -0.453 e. The van der Waals surface area contributed by atoms with Crippen LogP contribution < -0.4 is 4.52 Å². The van der Waals surface area contributed by atoms with Crippen LogP contribution in [0.15, 0.2) is 30.3 Å². The third-order valence-corrected chi connectivity index (χ3v) is 5.25. The van der Waals surface area contributed by atoms with E-state index in [-0.39, 0.29) is 5.66 Å². The summed E-state index contributed by atoms with van der Waals surface area (Å²) in [6.45, 7) is 8.11. The first-order chi connectivity index (χ1) is 7.44. The highest BCUT2D eigenvalue weighted by Gasteiger charge is 2.21. The normalized spacial score (nSPS) is 14.9. The van der Waals surface area contributed by atoms with Crippen molar-refractivity contribution in [2.24, 2.45) is 5.92 Å². The molecular formula is C13H21O2P. The van der Waals surface area contributed by atoms with Gasteiger partial charge in [-0.15, -0.1) is 0 Å². The Morgan fingerprint density at radius 1 is 1.12 bits per heavy atom. The van der Waals surface area contributed by atoms with E-state index in [1.807, 2.05) is 50.0 Å². The topological polar surface area (TPSA) is 29.5 Å². The zero-order valence-corrected chi connectivity index (χ0v) is 11.3. The van der Waals surface area contributed by atoms with Crippen LogP contribution in [0.4, 0.5) is 0 Å². The molecule has 16 heavy (non-hydrogen) atoms. The first-order valence-electron chi connectivity index (χ1n) is 5.66. The van der Waals surface area contributed by atoms with Gasteiger partial charge < -0.3 is 9.42 Å². The molecule has 0 aliphatic rings. The molecule has 0 aromatic heterocycles. The smallest absolute Gasteiger partial charge is 0.170 e. The van der Waals surface area contributed by atoms with E-state index in [0.717, 1.165) is 5.75 Å². The van der Waals surface area contributed by atoms with Gasteiger partial charge in [0.1, 0.15) is 5.75 Å². The summed E-state index contributed by atoms with van der Waals surface area (Å²) < 4.78 is 5.79. The Hall–Kier alpha value is -0.720. The van der Waals surface area contributed by atoms with Gasteiger partial charge in [0.2, 0.25) is 0 Å². The molecule has 0 radical (unpaired) electrons. The molecule has 0 bridgehead atoms. The molecule has 2 nitrogen and oxygen atoms in total. The molecule has 0 spiro atoms. The lowest BCUT2D eigenvalue weighted by Crippen LogP contribution is -2.09. The second-order valence-corrected chi connectivity index (χ2v) is 7.42. The summed E-state index contributed by atoms with van der Waals surface area (Å²) in [6, 6.07) is 9.51. The van der Waals surface area contributed by atoms with E-state index < -0.39 is 7.34 Å². The van der Waals surface area contributed by atoms with Gasteiger partial charge >= 0.3 is 0 Å². The standard InChI is InChI=1S/C13H21O2P/c1-11(2)10-16(14,12(3)4)15-13-8-6-5-7-9-13/h5-12,14H,1-4H3. The number of hydrogen-bond donors (Lipinski definition) is 1. The summed E-state index contributed by atoms with van der Waals surface area (Å²) in [4.78, 5) is 10.5. The maximum absolute atomic E-state index is 10.5. The van der Waals surface area contributed by atoms with Gasteiger partial charge in [0.15, 0.2) is 7.34 Å². The van der Waals surface area contributed by atoms with Crippen molar-refractivity contribution >= 4 is 13.1 Å². The Morgan fingerprint density at radius 3 is 2.12 bits per heavy atom. The number of rotatable bonds is 4. The molecule has 0 fully saturated rings. The van der Waals surface area contributed by atoms with Crippen LogP contribution in [-0.4, -0.2) is 16.3 Å². The van der Waals surface area contributed by atoms with Crippen LogP contribution in [0.5, 0.6) is 5.75 Å². The van der Waals surface area contributed by atoms with Crippen molar-refractivity contribution in [2.75, 3.05) is 0 Å². The Kier molecular flexibility index (Phi) is 4.64. The second kappa shape index (κ2) is 5.56. The lowest BCUT2D eigenvalue weighted by atomic mass is 10.3. The van der Waals surface area contributed by atoms with Crippen LogP contribution in [0.2, 0.25) is 0 Å². The largest absolute Gasteiger partial charge is 0.453 e. The van der Waals surface area contributed by atoms with Crippen molar-refractivity contribution in [3.8, 4) is 5.75 Å². The summed E-state index contributed by atoms with van der Waals surface area (Å²) in [6.07, 6.45) is 0. The summed E-state index contributed by atoms with van der Waals surface area (Å²) in [7, 11) is -2.44. The third-order valence-electron chi connectivity index (χ3n) is 2.25. The van der Waals surface area contributed by atoms with Crippen molar-refractivity contribution in [2.45, 2.75) is 33.4 Å². The van der Waals surface area contributed by atoms with Crippen LogP contribution in [0.3, 0.4) is 0 Å². The maximum atomic E-state index is 10.5. The Labute approximate surface area is 98.4 Å². The first kappa shape index (κ1) is 13.3. The molecule has 1 aromatic carbocycles. The van der Waals surface area contributed by atoms with Crippen molar-refractivity contribution in [1.29, 1.82) is 0 Å². The van der Waals surface area contributed by atoms with Crippen LogP contribution in [-0.2, 0) is 0 Å². The van der Waals surface area contributed by atoms with Gasteiger partial charge in [-0.05, 0) is 23.8 Å². The van der Waals surface area contributed by atoms with Crippen molar-refractivity contribution < 1.29 is 9.42 Å². The molecule has 0 saturated carbocycles. The molecule has 1 rings (SSSR count). The fraction of sp³-hybridized carbons (Fsp3) is 0.462. The summed E-state index contributed by atoms with van der Waals surface area (Å²) in [5, 5.41) is 0. The van der Waals surface area contributed by atoms with Crippen LogP contribution >= 0.6 is 7.34 Å². The molecule has 3 heteroatoms. The molecule has 1 unspecified atom stereocenters. The zero-order valence-electron chi connectivity index (χ0n) is 10.4. The van der Waals surface area contributed by atoms with E-state index in [9.17, 15) is 4.89 Å². The lowest BCUT2D eigenvalue weighted by molar-refractivity contribution is 0.468. The lowest BCUT2D eigenvalue weighted by Gasteiger charge is -2.25. The SMILES string of the molecule is CC(C)C=P(O)(Oc1ccccc1)C(C)C. The van der Waals surface area contributed by atoms with Crippen LogP contribution in [0.1, 0.15) is 27.7 Å². The summed E-state index contributed by atoms with van der Waals surface area (Å²) in [5.74, 6) is 3.01. The van der Waals surface area contributed by atoms with Gasteiger partial charge in [-0.3, -0.25) is 0 Å². The molecular weight excluding hydrogens is 219 g/mol. The van der Waals surface area contributed by atoms with Crippen LogP contribution in [0.25, 0.3) is 0 Å². The monoisotopic (exact) mass is 240 g/mol. The molecule has 0 amide bonds. The number of hydrogen-bond acceptors (Lipinski definition) is 2. The Bertz CT molecular complexity index is 369. The van der Waals surface area contributed by atoms with Gasteiger partial charge in [0.25, 0.3) is 0 Å². The van der Waals surface area contributed by atoms with E-state index >= 15 is 0 Å². The summed E-state index contributed by atoms with van der Waals surface area (Å²) in [5.41, 5.74) is 0.120. The Morgan fingerprint density at radius 2 is 1.69 bits per heavy atom. The fourth-order valence-electron chi connectivity index (χ4n) is 1.39. The zero-order chi connectivity index (χ0) is 12.2. The summed E-state index contributed by atoms with van der Waals surface area (Å²) >= 11 is 0. The van der Waals surface area contributed by atoms with E-state index in [1.165, 1.54) is 0 Å². The highest BCUT2D eigenvalue weighted by Crippen LogP contribution is 2.49. The molecule has 0 aliphatic heterocycles. The van der Waals surface area contributed by atoms with Gasteiger partial charge in [-0.1, -0.05) is 45.9 Å². The molecule has 90 valence electrons. The van der Waals surface area contributed by atoms with Gasteiger partial charge in [-0.25, -0.2) is 0 Å². The van der Waals surface area contributed by atoms with Crippen molar-refractivity contribution in [1.82, 2.24) is 0 Å². The molecule has 1 N–H and O–H groups in total. The van der Waals surface area contributed by atoms with E-state index in [0.29, 0.717) is 5.92 Å². The first-order valence-corrected chi connectivity index (χ1v) is 7.45. The average Bonchev–Trinajstić information content (AvgIpc) is 2.17. The molecule has 0 saturated heterocycles. The molecule has 1 aromatic rings. The number of para-hydroxylation sites is 1. The second-order valence-electron chi connectivity index (χ2n) is 4.56. The molecule has 0 aliphatic carbocycles. The van der Waals surface area contributed by atoms with Crippen LogP contribution in [0, 0.1) is 5.92 Å². The van der Waals surface area contributed by atoms with E-state index in [4.69, 9.17) is 4.52 Å². The van der Waals surface area contributed by atoms with Gasteiger partial charge in [0, 0.05) is 5.66 Å². The Balaban J connectivity index is 2.97. The van der Waals surface area contributed by atoms with E-state index in [2.05, 4.69) is 13.8 Å². The van der Waals surface area contributed by atoms with Gasteiger partial charge in [-0.2, -0.15) is 0 Å². The number of benzene rings is 1. The molecule has 1 atom stereocenters. The minimum absolute atomic E-state index is 0.120. The van der Waals surface area contributed by atoms with Crippen molar-refractivity contribution in [3.05, 3.63) is 30.3 Å². The third kappa shape index (κ3) is 3.70. The minimum atomic E-state index is -2.44. The average molecular weight is 240 g/mol. The predicted octanol–water partition coefficient (Wildman–Crippen LogP) is 3.77.